The maximum atomic E-state index is 12.1. The van der Waals surface area contributed by atoms with Gasteiger partial charge in [-0.25, -0.2) is 8.42 Å². The van der Waals surface area contributed by atoms with Crippen LogP contribution in [0.2, 0.25) is 0 Å². The van der Waals surface area contributed by atoms with Gasteiger partial charge in [0.05, 0.1) is 11.0 Å². The Hall–Kier alpha value is -1.77. The number of halogens is 1. The van der Waals surface area contributed by atoms with Crippen LogP contribution < -0.4 is 5.73 Å². The third kappa shape index (κ3) is 1.90. The average Bonchev–Trinajstić information content (AvgIpc) is 2.38. The lowest BCUT2D eigenvalue weighted by Gasteiger charge is -2.09. The van der Waals surface area contributed by atoms with E-state index < -0.39 is 14.5 Å². The molecule has 0 fully saturated rings. The zero-order valence-electron chi connectivity index (χ0n) is 9.17. The lowest BCUT2D eigenvalue weighted by atomic mass is 10.1. The molecule has 0 aliphatic carbocycles. The average molecular weight is 281 g/mol. The molecular weight excluding hydrogens is 272 g/mol. The van der Waals surface area contributed by atoms with Crippen LogP contribution in [-0.4, -0.2) is 13.1 Å². The van der Waals surface area contributed by atoms with Crippen LogP contribution in [0, 0.1) is 11.3 Å². The van der Waals surface area contributed by atoms with Crippen molar-refractivity contribution < 1.29 is 8.42 Å². The first-order valence-electron chi connectivity index (χ1n) is 5.03. The van der Waals surface area contributed by atoms with Crippen molar-refractivity contribution in [3.63, 3.8) is 0 Å². The van der Waals surface area contributed by atoms with Crippen LogP contribution in [0.25, 0.3) is 10.8 Å². The molecule has 0 amide bonds. The zero-order chi connectivity index (χ0) is 13.3. The molecule has 0 saturated heterocycles. The molecular formula is C12H9ClN2O2S. The number of benzene rings is 2. The Morgan fingerprint density at radius 2 is 1.78 bits per heavy atom. The van der Waals surface area contributed by atoms with Gasteiger partial charge in [-0.15, -0.1) is 0 Å². The van der Waals surface area contributed by atoms with Gasteiger partial charge < -0.3 is 5.73 Å². The Labute approximate surface area is 110 Å². The van der Waals surface area contributed by atoms with Crippen LogP contribution in [-0.2, 0) is 9.84 Å². The second-order valence-corrected chi connectivity index (χ2v) is 6.39. The summed E-state index contributed by atoms with van der Waals surface area (Å²) in [5, 5.41) is 9.77. The van der Waals surface area contributed by atoms with Gasteiger partial charge in [-0.05, 0) is 12.1 Å². The van der Waals surface area contributed by atoms with Crippen molar-refractivity contribution in [1.29, 1.82) is 5.26 Å². The van der Waals surface area contributed by atoms with E-state index in [9.17, 15) is 8.42 Å². The van der Waals surface area contributed by atoms with Crippen LogP contribution in [0.5, 0.6) is 0 Å². The van der Waals surface area contributed by atoms with E-state index >= 15 is 0 Å². The minimum Gasteiger partial charge on any atom is -0.398 e. The molecule has 0 heterocycles. The monoisotopic (exact) mass is 280 g/mol. The maximum Gasteiger partial charge on any atom is 0.225 e. The van der Waals surface area contributed by atoms with Crippen LogP contribution in [0.1, 0.15) is 0 Å². The minimum atomic E-state index is -3.88. The van der Waals surface area contributed by atoms with Gasteiger partial charge in [0.1, 0.15) is 0 Å². The summed E-state index contributed by atoms with van der Waals surface area (Å²) in [4.78, 5) is 0.0221. The van der Waals surface area contributed by atoms with Crippen molar-refractivity contribution >= 4 is 37.9 Å². The number of sulfone groups is 1. The van der Waals surface area contributed by atoms with Crippen LogP contribution in [0.3, 0.4) is 0 Å². The summed E-state index contributed by atoms with van der Waals surface area (Å²) in [5.41, 5.74) is 6.26. The standard InChI is InChI=1S/C12H9ClN2O2S/c13-12(7-14)18(16,17)11-6-5-10(15)8-3-1-2-4-9(8)11/h1-6,12H,15H2. The molecule has 0 aliphatic heterocycles. The molecule has 1 unspecified atom stereocenters. The molecule has 0 bridgehead atoms. The third-order valence-electron chi connectivity index (χ3n) is 2.60. The molecule has 0 spiro atoms. The first-order valence-corrected chi connectivity index (χ1v) is 7.01. The molecule has 2 aromatic rings. The van der Waals surface area contributed by atoms with Gasteiger partial charge >= 0.3 is 0 Å². The Bertz CT molecular complexity index is 750. The van der Waals surface area contributed by atoms with Gasteiger partial charge in [0.15, 0.2) is 0 Å². The van der Waals surface area contributed by atoms with Gasteiger partial charge in [-0.3, -0.25) is 0 Å². The van der Waals surface area contributed by atoms with Crippen molar-refractivity contribution in [2.24, 2.45) is 0 Å². The van der Waals surface area contributed by atoms with E-state index in [1.807, 2.05) is 0 Å². The number of alkyl halides is 1. The molecule has 0 aliphatic rings. The number of nitrogens with zero attached hydrogens (tertiary/aromatic N) is 1. The van der Waals surface area contributed by atoms with Gasteiger partial charge in [0, 0.05) is 16.5 Å². The van der Waals surface area contributed by atoms with E-state index in [1.54, 1.807) is 24.3 Å². The molecule has 2 N–H and O–H groups in total. The Balaban J connectivity index is 2.83. The topological polar surface area (TPSA) is 84.0 Å². The van der Waals surface area contributed by atoms with Crippen LogP contribution in [0.4, 0.5) is 5.69 Å². The molecule has 0 aromatic heterocycles. The highest BCUT2D eigenvalue weighted by molar-refractivity contribution is 7.93. The zero-order valence-corrected chi connectivity index (χ0v) is 10.7. The van der Waals surface area contributed by atoms with Crippen LogP contribution >= 0.6 is 11.6 Å². The van der Waals surface area contributed by atoms with Crippen molar-refractivity contribution in [1.82, 2.24) is 0 Å². The Morgan fingerprint density at radius 3 is 2.39 bits per heavy atom. The van der Waals surface area contributed by atoms with E-state index in [1.165, 1.54) is 18.2 Å². The van der Waals surface area contributed by atoms with Crippen molar-refractivity contribution in [2.75, 3.05) is 5.73 Å². The third-order valence-corrected chi connectivity index (χ3v) is 5.02. The largest absolute Gasteiger partial charge is 0.398 e. The molecule has 1 atom stereocenters. The number of anilines is 1. The van der Waals surface area contributed by atoms with Gasteiger partial charge in [0.25, 0.3) is 0 Å². The Kier molecular flexibility index (Phi) is 3.16. The van der Waals surface area contributed by atoms with Gasteiger partial charge in [-0.2, -0.15) is 5.26 Å². The highest BCUT2D eigenvalue weighted by Gasteiger charge is 2.27. The predicted octanol–water partition coefficient (Wildman–Crippen LogP) is 2.28. The second-order valence-electron chi connectivity index (χ2n) is 3.69. The molecule has 6 heteroatoms. The number of hydrogen-bond donors (Lipinski definition) is 1. The number of fused-ring (bicyclic) bond motifs is 1. The van der Waals surface area contributed by atoms with E-state index in [0.717, 1.165) is 0 Å². The summed E-state index contributed by atoms with van der Waals surface area (Å²) in [7, 11) is -3.88. The van der Waals surface area contributed by atoms with E-state index in [0.29, 0.717) is 16.5 Å². The molecule has 92 valence electrons. The van der Waals surface area contributed by atoms with E-state index in [2.05, 4.69) is 0 Å². The maximum absolute atomic E-state index is 12.1. The first-order chi connectivity index (χ1) is 8.48. The Morgan fingerprint density at radius 1 is 1.17 bits per heavy atom. The normalized spacial score (nSPS) is 13.1. The lowest BCUT2D eigenvalue weighted by molar-refractivity contribution is 0.598. The SMILES string of the molecule is N#CC(Cl)S(=O)(=O)c1ccc(N)c2ccccc12. The summed E-state index contributed by atoms with van der Waals surface area (Å²) in [5.74, 6) is 0. The molecule has 4 nitrogen and oxygen atoms in total. The molecule has 0 saturated carbocycles. The van der Waals surface area contributed by atoms with Crippen LogP contribution in [0.15, 0.2) is 41.3 Å². The van der Waals surface area contributed by atoms with Gasteiger partial charge in [-0.1, -0.05) is 35.9 Å². The summed E-state index contributed by atoms with van der Waals surface area (Å²) in [6.07, 6.45) is 0. The quantitative estimate of drug-likeness (QED) is 0.676. The smallest absolute Gasteiger partial charge is 0.225 e. The van der Waals surface area contributed by atoms with Gasteiger partial charge in [0.2, 0.25) is 14.5 Å². The summed E-state index contributed by atoms with van der Waals surface area (Å²) < 4.78 is 22.6. The molecule has 2 rings (SSSR count). The van der Waals surface area contributed by atoms with Crippen molar-refractivity contribution in [3.8, 4) is 6.07 Å². The number of nitriles is 1. The summed E-state index contributed by atoms with van der Waals surface area (Å²) in [6, 6.07) is 11.2. The fourth-order valence-electron chi connectivity index (χ4n) is 1.72. The number of rotatable bonds is 2. The summed E-state index contributed by atoms with van der Waals surface area (Å²) >= 11 is 5.55. The predicted molar refractivity (Wildman–Crippen MR) is 70.8 cm³/mol. The number of nitrogen functional groups attached to an aromatic ring is 1. The lowest BCUT2D eigenvalue weighted by Crippen LogP contribution is -2.14. The second kappa shape index (κ2) is 4.48. The molecule has 0 radical (unpaired) electrons. The molecule has 18 heavy (non-hydrogen) atoms. The van der Waals surface area contributed by atoms with Crippen molar-refractivity contribution in [3.05, 3.63) is 36.4 Å². The molecule has 2 aromatic carbocycles. The van der Waals surface area contributed by atoms with E-state index in [4.69, 9.17) is 22.6 Å². The fourth-order valence-corrected chi connectivity index (χ4v) is 3.12. The fraction of sp³-hybridized carbons (Fsp3) is 0.0833. The summed E-state index contributed by atoms with van der Waals surface area (Å²) in [6.45, 7) is 0. The van der Waals surface area contributed by atoms with Crippen molar-refractivity contribution in [2.45, 2.75) is 9.60 Å². The highest BCUT2D eigenvalue weighted by atomic mass is 35.5. The number of nitrogens with two attached hydrogens (primary N) is 1. The number of hydrogen-bond acceptors (Lipinski definition) is 4. The first kappa shape index (κ1) is 12.7. The minimum absolute atomic E-state index is 0.0221. The van der Waals surface area contributed by atoms with E-state index in [-0.39, 0.29) is 4.90 Å². The highest BCUT2D eigenvalue weighted by Crippen LogP contribution is 2.30.